The Morgan fingerprint density at radius 2 is 1.97 bits per heavy atom. The number of carbonyl (C=O) groups is 1. The van der Waals surface area contributed by atoms with Crippen molar-refractivity contribution in [2.75, 3.05) is 24.5 Å². The minimum atomic E-state index is -0.512. The van der Waals surface area contributed by atoms with Crippen LogP contribution in [0.4, 0.5) is 10.2 Å². The number of rotatable bonds is 5. The van der Waals surface area contributed by atoms with E-state index in [1.165, 1.54) is 24.5 Å². The number of piperazine rings is 1. The molecule has 0 spiro atoms. The molecule has 1 aromatic heterocycles. The highest BCUT2D eigenvalue weighted by Gasteiger charge is 2.27. The molecule has 2 heterocycles. The summed E-state index contributed by atoms with van der Waals surface area (Å²) in [6.07, 6.45) is 4.86. The van der Waals surface area contributed by atoms with Gasteiger partial charge in [-0.2, -0.15) is 0 Å². The highest BCUT2D eigenvalue weighted by molar-refractivity contribution is 6.30. The van der Waals surface area contributed by atoms with E-state index in [0.29, 0.717) is 37.1 Å². The maximum absolute atomic E-state index is 13.4. The third-order valence-corrected chi connectivity index (χ3v) is 5.48. The Bertz CT molecular complexity index is 1130. The molecule has 164 valence electrons. The van der Waals surface area contributed by atoms with Crippen molar-refractivity contribution in [2.24, 2.45) is 0 Å². The van der Waals surface area contributed by atoms with Gasteiger partial charge in [0.05, 0.1) is 5.02 Å². The van der Waals surface area contributed by atoms with E-state index < -0.39 is 5.82 Å². The van der Waals surface area contributed by atoms with E-state index in [9.17, 15) is 9.18 Å². The van der Waals surface area contributed by atoms with Crippen LogP contribution in [0.15, 0.2) is 67.0 Å². The first-order chi connectivity index (χ1) is 15.5. The number of benzene rings is 2. The zero-order valence-corrected chi connectivity index (χ0v) is 18.2. The molecule has 32 heavy (non-hydrogen) atoms. The fourth-order valence-electron chi connectivity index (χ4n) is 3.54. The monoisotopic (exact) mass is 452 g/mol. The van der Waals surface area contributed by atoms with Crippen LogP contribution in [-0.2, 0) is 4.79 Å². The summed E-state index contributed by atoms with van der Waals surface area (Å²) in [6.45, 7) is 3.85. The van der Waals surface area contributed by atoms with Gasteiger partial charge in [0, 0.05) is 43.9 Å². The van der Waals surface area contributed by atoms with Gasteiger partial charge in [-0.1, -0.05) is 41.9 Å². The lowest BCUT2D eigenvalue weighted by atomic mass is 10.1. The van der Waals surface area contributed by atoms with Crippen LogP contribution in [0.2, 0.25) is 5.02 Å². The van der Waals surface area contributed by atoms with Gasteiger partial charge in [0.2, 0.25) is 11.8 Å². The Morgan fingerprint density at radius 1 is 1.16 bits per heavy atom. The number of anilines is 1. The Kier molecular flexibility index (Phi) is 6.66. The van der Waals surface area contributed by atoms with Crippen molar-refractivity contribution in [3.05, 3.63) is 83.4 Å². The molecule has 1 atom stereocenters. The molecule has 0 bridgehead atoms. The molecule has 1 saturated heterocycles. The van der Waals surface area contributed by atoms with Crippen LogP contribution in [0.1, 0.15) is 12.5 Å². The average molecular weight is 453 g/mol. The quantitative estimate of drug-likeness (QED) is 0.520. The highest BCUT2D eigenvalue weighted by Crippen LogP contribution is 2.27. The second-order valence-electron chi connectivity index (χ2n) is 7.46. The fourth-order valence-corrected chi connectivity index (χ4v) is 3.71. The smallest absolute Gasteiger partial charge is 0.246 e. The fraction of sp³-hybridized carbons (Fsp3) is 0.208. The number of ether oxygens (including phenoxy) is 1. The van der Waals surface area contributed by atoms with Crippen LogP contribution in [0.3, 0.4) is 0 Å². The van der Waals surface area contributed by atoms with E-state index in [2.05, 4.69) is 14.9 Å². The van der Waals surface area contributed by atoms with E-state index in [0.717, 1.165) is 5.56 Å². The van der Waals surface area contributed by atoms with Crippen LogP contribution in [0, 0.1) is 5.82 Å². The molecule has 6 nitrogen and oxygen atoms in total. The Hall–Kier alpha value is -3.45. The molecule has 0 unspecified atom stereocenters. The summed E-state index contributed by atoms with van der Waals surface area (Å²) in [6, 6.07) is 15.6. The van der Waals surface area contributed by atoms with Gasteiger partial charge in [-0.05, 0) is 30.7 Å². The van der Waals surface area contributed by atoms with E-state index >= 15 is 0 Å². The van der Waals surface area contributed by atoms with Gasteiger partial charge in [-0.3, -0.25) is 4.79 Å². The highest BCUT2D eigenvalue weighted by atomic mass is 35.5. The molecular weight excluding hydrogens is 431 g/mol. The lowest BCUT2D eigenvalue weighted by Crippen LogP contribution is -2.54. The summed E-state index contributed by atoms with van der Waals surface area (Å²) in [5.74, 6) is 0.884. The third kappa shape index (κ3) is 5.23. The Morgan fingerprint density at radius 3 is 2.72 bits per heavy atom. The molecule has 8 heteroatoms. The molecule has 0 aliphatic carbocycles. The van der Waals surface area contributed by atoms with Crippen LogP contribution in [0.25, 0.3) is 6.08 Å². The third-order valence-electron chi connectivity index (χ3n) is 5.19. The second-order valence-corrected chi connectivity index (χ2v) is 7.87. The predicted octanol–water partition coefficient (Wildman–Crippen LogP) is 4.81. The molecule has 2 aromatic carbocycles. The first kappa shape index (κ1) is 21.8. The number of hydrogen-bond acceptors (Lipinski definition) is 5. The summed E-state index contributed by atoms with van der Waals surface area (Å²) in [5, 5.41) is -0.0206. The molecule has 1 amide bonds. The summed E-state index contributed by atoms with van der Waals surface area (Å²) in [4.78, 5) is 25.1. The van der Waals surface area contributed by atoms with E-state index in [1.807, 2.05) is 48.2 Å². The number of aromatic nitrogens is 2. The minimum absolute atomic E-state index is 0.00640. The largest absolute Gasteiger partial charge is 0.439 e. The lowest BCUT2D eigenvalue weighted by Gasteiger charge is -2.40. The Balaban J connectivity index is 1.39. The van der Waals surface area contributed by atoms with Crippen LogP contribution in [0.5, 0.6) is 11.6 Å². The van der Waals surface area contributed by atoms with Crippen LogP contribution < -0.4 is 9.64 Å². The maximum atomic E-state index is 13.4. The van der Waals surface area contributed by atoms with Gasteiger partial charge in [0.25, 0.3) is 0 Å². The van der Waals surface area contributed by atoms with Gasteiger partial charge in [-0.15, -0.1) is 0 Å². The average Bonchev–Trinajstić information content (AvgIpc) is 2.81. The normalized spacial score (nSPS) is 16.4. The number of hydrogen-bond donors (Lipinski definition) is 0. The molecule has 4 rings (SSSR count). The van der Waals surface area contributed by atoms with Crippen LogP contribution in [-0.4, -0.2) is 46.5 Å². The van der Waals surface area contributed by atoms with Crippen molar-refractivity contribution in [2.45, 2.75) is 13.0 Å². The first-order valence-electron chi connectivity index (χ1n) is 10.2. The maximum Gasteiger partial charge on any atom is 0.246 e. The van der Waals surface area contributed by atoms with Crippen LogP contribution >= 0.6 is 11.6 Å². The Labute approximate surface area is 190 Å². The van der Waals surface area contributed by atoms with Crippen molar-refractivity contribution in [3.63, 3.8) is 0 Å². The van der Waals surface area contributed by atoms with Crippen molar-refractivity contribution in [1.29, 1.82) is 0 Å². The molecular formula is C24H22ClFN4O2. The van der Waals surface area contributed by atoms with E-state index in [4.69, 9.17) is 16.3 Å². The molecule has 0 radical (unpaired) electrons. The van der Waals surface area contributed by atoms with Crippen molar-refractivity contribution >= 4 is 29.4 Å². The molecule has 1 aliphatic rings. The summed E-state index contributed by atoms with van der Waals surface area (Å²) < 4.78 is 19.1. The summed E-state index contributed by atoms with van der Waals surface area (Å²) in [5.41, 5.74) is 0.989. The summed E-state index contributed by atoms with van der Waals surface area (Å²) >= 11 is 5.81. The molecule has 1 aliphatic heterocycles. The summed E-state index contributed by atoms with van der Waals surface area (Å²) in [7, 11) is 0. The van der Waals surface area contributed by atoms with Gasteiger partial charge in [-0.25, -0.2) is 14.4 Å². The predicted molar refractivity (Wildman–Crippen MR) is 122 cm³/mol. The van der Waals surface area contributed by atoms with Gasteiger partial charge in [0.15, 0.2) is 0 Å². The second kappa shape index (κ2) is 9.78. The van der Waals surface area contributed by atoms with E-state index in [1.54, 1.807) is 12.1 Å². The first-order valence-corrected chi connectivity index (χ1v) is 10.6. The zero-order valence-electron chi connectivity index (χ0n) is 17.5. The van der Waals surface area contributed by atoms with Crippen molar-refractivity contribution < 1.29 is 13.9 Å². The molecule has 0 saturated carbocycles. The topological polar surface area (TPSA) is 58.6 Å². The number of carbonyl (C=O) groups excluding carboxylic acids is 1. The zero-order chi connectivity index (χ0) is 22.5. The molecule has 0 N–H and O–H groups in total. The molecule has 3 aromatic rings. The number of amides is 1. The van der Waals surface area contributed by atoms with Gasteiger partial charge < -0.3 is 14.5 Å². The van der Waals surface area contributed by atoms with Gasteiger partial charge >= 0.3 is 0 Å². The van der Waals surface area contributed by atoms with Crippen molar-refractivity contribution in [3.8, 4) is 11.6 Å². The van der Waals surface area contributed by atoms with Crippen molar-refractivity contribution in [1.82, 2.24) is 14.9 Å². The number of halogens is 2. The standard InChI is InChI=1S/C24H22ClFN4O2/c1-17-15-29(11-12-30(17)24(31)10-7-18-5-3-2-4-6-18)22-14-23(28-16-27-22)32-19-8-9-21(26)20(25)13-19/h2-10,13-14,16-17H,11-12,15H2,1H3/b10-7+/t17-/m1/s1. The lowest BCUT2D eigenvalue weighted by molar-refractivity contribution is -0.128. The van der Waals surface area contributed by atoms with E-state index in [-0.39, 0.29) is 17.0 Å². The minimum Gasteiger partial charge on any atom is -0.439 e. The number of nitrogens with zero attached hydrogens (tertiary/aromatic N) is 4. The van der Waals surface area contributed by atoms with Gasteiger partial charge in [0.1, 0.15) is 23.7 Å². The molecule has 1 fully saturated rings. The SMILES string of the molecule is C[C@@H]1CN(c2cc(Oc3ccc(F)c(Cl)c3)ncn2)CCN1C(=O)/C=C/c1ccccc1.